The maximum Gasteiger partial charge on any atom is 0.0222 e. The van der Waals surface area contributed by atoms with Gasteiger partial charge in [-0.2, -0.15) is 0 Å². The topological polar surface area (TPSA) is 26.0 Å². The molecule has 2 heteroatoms. The van der Waals surface area contributed by atoms with Gasteiger partial charge in [0.1, 0.15) is 0 Å². The van der Waals surface area contributed by atoms with Gasteiger partial charge in [-0.1, -0.05) is 19.8 Å². The van der Waals surface area contributed by atoms with Crippen molar-refractivity contribution in [2.75, 3.05) is 0 Å². The van der Waals surface area contributed by atoms with E-state index in [1.54, 1.807) is 10.4 Å². The summed E-state index contributed by atoms with van der Waals surface area (Å²) in [6.45, 7) is 2.32. The Morgan fingerprint density at radius 3 is 2.88 bits per heavy atom. The van der Waals surface area contributed by atoms with Crippen molar-refractivity contribution in [1.29, 1.82) is 0 Å². The molecule has 16 heavy (non-hydrogen) atoms. The second-order valence-corrected chi connectivity index (χ2v) is 6.74. The first-order valence-electron chi connectivity index (χ1n) is 6.54. The first-order chi connectivity index (χ1) is 7.69. The SMILES string of the molecule is CC(c1ccsc1CCC1CC1)C1(N)CC1. The van der Waals surface area contributed by atoms with Crippen molar-refractivity contribution in [3.8, 4) is 0 Å². The molecule has 2 aliphatic rings. The van der Waals surface area contributed by atoms with Gasteiger partial charge in [0.2, 0.25) is 0 Å². The van der Waals surface area contributed by atoms with Crippen LogP contribution >= 0.6 is 11.3 Å². The van der Waals surface area contributed by atoms with Gasteiger partial charge in [-0.25, -0.2) is 0 Å². The molecule has 0 radical (unpaired) electrons. The second kappa shape index (κ2) is 3.85. The Bertz CT molecular complexity index is 374. The van der Waals surface area contributed by atoms with Gasteiger partial charge in [0.05, 0.1) is 0 Å². The quantitative estimate of drug-likeness (QED) is 0.827. The van der Waals surface area contributed by atoms with Crippen LogP contribution in [0.15, 0.2) is 11.4 Å². The molecular formula is C14H21NS. The van der Waals surface area contributed by atoms with E-state index in [-0.39, 0.29) is 5.54 Å². The largest absolute Gasteiger partial charge is 0.325 e. The molecule has 1 aromatic heterocycles. The average Bonchev–Trinajstić information content (AvgIpc) is 3.18. The zero-order valence-electron chi connectivity index (χ0n) is 10.0. The summed E-state index contributed by atoms with van der Waals surface area (Å²) in [5.74, 6) is 1.60. The van der Waals surface area contributed by atoms with Crippen LogP contribution in [0.25, 0.3) is 0 Å². The predicted octanol–water partition coefficient (Wildman–Crippen LogP) is 3.69. The Balaban J connectivity index is 1.70. The molecule has 0 aromatic carbocycles. The highest BCUT2D eigenvalue weighted by molar-refractivity contribution is 7.10. The van der Waals surface area contributed by atoms with E-state index in [0.29, 0.717) is 5.92 Å². The number of aryl methyl sites for hydroxylation is 1. The molecule has 0 spiro atoms. The fourth-order valence-electron chi connectivity index (χ4n) is 2.57. The molecule has 1 atom stereocenters. The van der Waals surface area contributed by atoms with Crippen LogP contribution < -0.4 is 5.73 Å². The van der Waals surface area contributed by atoms with Crippen LogP contribution in [0.2, 0.25) is 0 Å². The third kappa shape index (κ3) is 2.05. The normalized spacial score (nSPS) is 24.4. The first kappa shape index (κ1) is 10.8. The van der Waals surface area contributed by atoms with Crippen LogP contribution in [0.4, 0.5) is 0 Å². The minimum atomic E-state index is 0.134. The molecule has 2 saturated carbocycles. The van der Waals surface area contributed by atoms with Crippen LogP contribution in [0, 0.1) is 5.92 Å². The summed E-state index contributed by atoms with van der Waals surface area (Å²) in [4.78, 5) is 1.61. The highest BCUT2D eigenvalue weighted by atomic mass is 32.1. The van der Waals surface area contributed by atoms with Gasteiger partial charge in [0, 0.05) is 16.3 Å². The smallest absolute Gasteiger partial charge is 0.0222 e. The summed E-state index contributed by atoms with van der Waals surface area (Å²) in [7, 11) is 0. The highest BCUT2D eigenvalue weighted by Gasteiger charge is 2.44. The lowest BCUT2D eigenvalue weighted by atomic mass is 9.91. The van der Waals surface area contributed by atoms with E-state index in [2.05, 4.69) is 18.4 Å². The van der Waals surface area contributed by atoms with Gasteiger partial charge in [-0.3, -0.25) is 0 Å². The maximum atomic E-state index is 6.32. The lowest BCUT2D eigenvalue weighted by Gasteiger charge is -2.19. The highest BCUT2D eigenvalue weighted by Crippen LogP contribution is 2.46. The average molecular weight is 235 g/mol. The van der Waals surface area contributed by atoms with E-state index < -0.39 is 0 Å². The summed E-state index contributed by atoms with van der Waals surface area (Å²) in [6.07, 6.45) is 8.06. The van der Waals surface area contributed by atoms with E-state index in [1.807, 2.05) is 11.3 Å². The Hall–Kier alpha value is -0.340. The van der Waals surface area contributed by atoms with Crippen molar-refractivity contribution in [3.63, 3.8) is 0 Å². The number of thiophene rings is 1. The summed E-state index contributed by atoms with van der Waals surface area (Å²) in [5.41, 5.74) is 8.00. The molecular weight excluding hydrogens is 214 g/mol. The third-order valence-electron chi connectivity index (χ3n) is 4.41. The van der Waals surface area contributed by atoms with Gasteiger partial charge in [-0.05, 0) is 48.6 Å². The van der Waals surface area contributed by atoms with Crippen LogP contribution in [0.5, 0.6) is 0 Å². The fraction of sp³-hybridized carbons (Fsp3) is 0.714. The van der Waals surface area contributed by atoms with Crippen molar-refractivity contribution >= 4 is 11.3 Å². The molecule has 1 unspecified atom stereocenters. The minimum absolute atomic E-state index is 0.134. The van der Waals surface area contributed by atoms with Gasteiger partial charge in [0.15, 0.2) is 0 Å². The van der Waals surface area contributed by atoms with Crippen molar-refractivity contribution in [1.82, 2.24) is 0 Å². The Morgan fingerprint density at radius 2 is 2.25 bits per heavy atom. The molecule has 0 bridgehead atoms. The molecule has 0 amide bonds. The molecule has 2 N–H and O–H groups in total. The molecule has 1 heterocycles. The zero-order valence-corrected chi connectivity index (χ0v) is 10.9. The summed E-state index contributed by atoms with van der Waals surface area (Å²) in [6, 6.07) is 2.31. The maximum absolute atomic E-state index is 6.32. The van der Waals surface area contributed by atoms with Gasteiger partial charge >= 0.3 is 0 Å². The van der Waals surface area contributed by atoms with Crippen LogP contribution in [0.1, 0.15) is 55.4 Å². The Kier molecular flexibility index (Phi) is 2.60. The lowest BCUT2D eigenvalue weighted by molar-refractivity contribution is 0.553. The van der Waals surface area contributed by atoms with E-state index in [9.17, 15) is 0 Å². The van der Waals surface area contributed by atoms with Gasteiger partial charge in [-0.15, -0.1) is 11.3 Å². The molecule has 3 rings (SSSR count). The molecule has 2 fully saturated rings. The molecule has 0 aliphatic heterocycles. The molecule has 2 aliphatic carbocycles. The van der Waals surface area contributed by atoms with E-state index in [0.717, 1.165) is 5.92 Å². The number of hydrogen-bond donors (Lipinski definition) is 1. The fourth-order valence-corrected chi connectivity index (χ4v) is 3.56. The lowest BCUT2D eigenvalue weighted by Crippen LogP contribution is -2.28. The van der Waals surface area contributed by atoms with E-state index >= 15 is 0 Å². The number of hydrogen-bond acceptors (Lipinski definition) is 2. The Labute approximate surface area is 102 Å². The third-order valence-corrected chi connectivity index (χ3v) is 5.41. The minimum Gasteiger partial charge on any atom is -0.325 e. The predicted molar refractivity (Wildman–Crippen MR) is 69.9 cm³/mol. The number of nitrogens with two attached hydrogens (primary N) is 1. The van der Waals surface area contributed by atoms with Crippen LogP contribution in [0.3, 0.4) is 0 Å². The van der Waals surface area contributed by atoms with Crippen molar-refractivity contribution < 1.29 is 0 Å². The van der Waals surface area contributed by atoms with E-state index in [4.69, 9.17) is 5.73 Å². The Morgan fingerprint density at radius 1 is 1.50 bits per heavy atom. The summed E-state index contributed by atoms with van der Waals surface area (Å²) < 4.78 is 0. The van der Waals surface area contributed by atoms with Crippen molar-refractivity contribution in [2.45, 2.75) is 56.9 Å². The molecule has 1 aromatic rings. The second-order valence-electron chi connectivity index (χ2n) is 5.74. The van der Waals surface area contributed by atoms with Crippen LogP contribution in [-0.2, 0) is 6.42 Å². The molecule has 1 nitrogen and oxygen atoms in total. The van der Waals surface area contributed by atoms with Crippen LogP contribution in [-0.4, -0.2) is 5.54 Å². The van der Waals surface area contributed by atoms with Gasteiger partial charge < -0.3 is 5.73 Å². The van der Waals surface area contributed by atoms with E-state index in [1.165, 1.54) is 38.5 Å². The summed E-state index contributed by atoms with van der Waals surface area (Å²) in [5, 5.41) is 2.25. The van der Waals surface area contributed by atoms with Crippen molar-refractivity contribution in [3.05, 3.63) is 21.9 Å². The standard InChI is InChI=1S/C14H21NS/c1-10(14(15)7-8-14)12-6-9-16-13(12)5-4-11-2-3-11/h6,9-11H,2-5,7-8,15H2,1H3. The molecule has 0 saturated heterocycles. The monoisotopic (exact) mass is 235 g/mol. The zero-order chi connectivity index (χ0) is 11.2. The number of rotatable bonds is 5. The van der Waals surface area contributed by atoms with Gasteiger partial charge in [0.25, 0.3) is 0 Å². The first-order valence-corrected chi connectivity index (χ1v) is 7.42. The molecule has 88 valence electrons. The van der Waals surface area contributed by atoms with Crippen molar-refractivity contribution in [2.24, 2.45) is 11.7 Å². The summed E-state index contributed by atoms with van der Waals surface area (Å²) >= 11 is 1.94.